The van der Waals surface area contributed by atoms with Gasteiger partial charge in [-0.25, -0.2) is 12.8 Å². The SMILES string of the molecule is CCc1cc2c(C(=O)NC)c(-c3ccc(F)cc3)oc2nc1N(CCC[S+](C)[O-])S(C)(=O)=O. The van der Waals surface area contributed by atoms with Gasteiger partial charge in [0.2, 0.25) is 15.7 Å². The van der Waals surface area contributed by atoms with Crippen molar-refractivity contribution in [1.82, 2.24) is 10.3 Å². The van der Waals surface area contributed by atoms with Crippen molar-refractivity contribution in [1.29, 1.82) is 0 Å². The van der Waals surface area contributed by atoms with Gasteiger partial charge in [-0.05, 0) is 42.3 Å². The molecule has 33 heavy (non-hydrogen) atoms. The highest BCUT2D eigenvalue weighted by molar-refractivity contribution is 7.92. The summed E-state index contributed by atoms with van der Waals surface area (Å²) in [5, 5.41) is 3.01. The van der Waals surface area contributed by atoms with E-state index in [-0.39, 0.29) is 29.4 Å². The van der Waals surface area contributed by atoms with E-state index < -0.39 is 32.9 Å². The Kier molecular flexibility index (Phi) is 7.65. The number of halogens is 1. The Bertz CT molecular complexity index is 1260. The van der Waals surface area contributed by atoms with E-state index in [4.69, 9.17) is 4.42 Å². The summed E-state index contributed by atoms with van der Waals surface area (Å²) in [6.45, 7) is 1.96. The van der Waals surface area contributed by atoms with Gasteiger partial charge < -0.3 is 14.3 Å². The van der Waals surface area contributed by atoms with Crippen molar-refractivity contribution >= 4 is 44.0 Å². The Morgan fingerprint density at radius 3 is 2.52 bits per heavy atom. The van der Waals surface area contributed by atoms with Crippen molar-refractivity contribution in [3.05, 3.63) is 47.3 Å². The lowest BCUT2D eigenvalue weighted by molar-refractivity contribution is 0.0964. The molecule has 1 unspecified atom stereocenters. The number of aromatic nitrogens is 1. The summed E-state index contributed by atoms with van der Waals surface area (Å²) in [6.07, 6.45) is 3.49. The van der Waals surface area contributed by atoms with E-state index in [1.54, 1.807) is 12.3 Å². The van der Waals surface area contributed by atoms with Crippen LogP contribution in [0.25, 0.3) is 22.4 Å². The van der Waals surface area contributed by atoms with E-state index in [1.165, 1.54) is 35.6 Å². The van der Waals surface area contributed by atoms with E-state index in [0.717, 1.165) is 6.26 Å². The first kappa shape index (κ1) is 25.0. The van der Waals surface area contributed by atoms with Crippen molar-refractivity contribution < 1.29 is 26.6 Å². The summed E-state index contributed by atoms with van der Waals surface area (Å²) in [5.41, 5.74) is 1.42. The number of hydrogen-bond donors (Lipinski definition) is 1. The first-order chi connectivity index (χ1) is 15.6. The van der Waals surface area contributed by atoms with Crippen LogP contribution >= 0.6 is 0 Å². The molecule has 11 heteroatoms. The number of pyridine rings is 1. The molecule has 0 aliphatic heterocycles. The monoisotopic (exact) mass is 495 g/mol. The molecule has 1 atom stereocenters. The van der Waals surface area contributed by atoms with E-state index in [0.29, 0.717) is 35.1 Å². The molecule has 3 aromatic rings. The largest absolute Gasteiger partial charge is 0.617 e. The van der Waals surface area contributed by atoms with Crippen LogP contribution in [-0.2, 0) is 27.6 Å². The molecule has 178 valence electrons. The zero-order chi connectivity index (χ0) is 24.3. The van der Waals surface area contributed by atoms with Crippen LogP contribution in [0.4, 0.5) is 10.2 Å². The van der Waals surface area contributed by atoms with E-state index >= 15 is 0 Å². The number of benzene rings is 1. The first-order valence-corrected chi connectivity index (χ1v) is 13.9. The molecule has 2 aromatic heterocycles. The normalized spacial score (nSPS) is 12.7. The second-order valence-electron chi connectivity index (χ2n) is 7.54. The lowest BCUT2D eigenvalue weighted by Crippen LogP contribution is -2.33. The highest BCUT2D eigenvalue weighted by Crippen LogP contribution is 2.36. The predicted molar refractivity (Wildman–Crippen MR) is 128 cm³/mol. The van der Waals surface area contributed by atoms with Crippen molar-refractivity contribution in [3.63, 3.8) is 0 Å². The van der Waals surface area contributed by atoms with Gasteiger partial charge in [-0.1, -0.05) is 18.1 Å². The van der Waals surface area contributed by atoms with Crippen molar-refractivity contribution in [2.24, 2.45) is 0 Å². The molecule has 0 saturated heterocycles. The van der Waals surface area contributed by atoms with E-state index in [2.05, 4.69) is 10.3 Å². The van der Waals surface area contributed by atoms with Crippen LogP contribution in [-0.4, -0.2) is 55.7 Å². The number of fused-ring (bicyclic) bond motifs is 1. The van der Waals surface area contributed by atoms with Crippen LogP contribution < -0.4 is 9.62 Å². The van der Waals surface area contributed by atoms with Crippen molar-refractivity contribution in [3.8, 4) is 11.3 Å². The number of aryl methyl sites for hydroxylation is 1. The summed E-state index contributed by atoms with van der Waals surface area (Å²) >= 11 is -1.06. The molecule has 1 amide bonds. The molecule has 0 spiro atoms. The number of hydrogen-bond acceptors (Lipinski definition) is 6. The maximum atomic E-state index is 13.4. The van der Waals surface area contributed by atoms with Gasteiger partial charge in [0.1, 0.15) is 23.1 Å². The molecule has 0 aliphatic rings. The second kappa shape index (κ2) is 10.1. The molecule has 0 fully saturated rings. The van der Waals surface area contributed by atoms with Crippen LogP contribution in [0.15, 0.2) is 34.7 Å². The van der Waals surface area contributed by atoms with Gasteiger partial charge in [-0.3, -0.25) is 9.10 Å². The van der Waals surface area contributed by atoms with Crippen molar-refractivity contribution in [2.75, 3.05) is 36.2 Å². The van der Waals surface area contributed by atoms with Gasteiger partial charge >= 0.3 is 0 Å². The molecule has 3 rings (SSSR count). The van der Waals surface area contributed by atoms with E-state index in [1.807, 2.05) is 6.92 Å². The number of carbonyl (C=O) groups is 1. The minimum absolute atomic E-state index is 0.0906. The van der Waals surface area contributed by atoms with Gasteiger partial charge in [-0.2, -0.15) is 4.98 Å². The van der Waals surface area contributed by atoms with Crippen LogP contribution in [0.3, 0.4) is 0 Å². The topological polar surface area (TPSA) is 116 Å². The van der Waals surface area contributed by atoms with Crippen LogP contribution in [0.2, 0.25) is 0 Å². The third kappa shape index (κ3) is 5.48. The first-order valence-electron chi connectivity index (χ1n) is 10.3. The molecule has 8 nitrogen and oxygen atoms in total. The summed E-state index contributed by atoms with van der Waals surface area (Å²) in [6, 6.07) is 7.21. The second-order valence-corrected chi connectivity index (χ2v) is 11.0. The van der Waals surface area contributed by atoms with Gasteiger partial charge in [0.05, 0.1) is 23.5 Å². The molecule has 1 N–H and O–H groups in total. The standard InChI is InChI=1S/C22H26FN3O5S2/c1-5-14-13-17-18(21(27)24-2)19(15-7-9-16(23)10-8-15)31-22(17)25-20(14)26(33(4,29)30)11-6-12-32(3)28/h7-10,13H,5-6,11-12H2,1-4H3,(H,24,27). The fourth-order valence-corrected chi connectivity index (χ4v) is 5.00. The Balaban J connectivity index is 2.22. The number of amides is 1. The summed E-state index contributed by atoms with van der Waals surface area (Å²) in [4.78, 5) is 17.2. The molecule has 0 aliphatic carbocycles. The van der Waals surface area contributed by atoms with Gasteiger partial charge in [0.15, 0.2) is 0 Å². The highest BCUT2D eigenvalue weighted by Gasteiger charge is 2.27. The molecule has 2 heterocycles. The highest BCUT2D eigenvalue weighted by atomic mass is 32.2. The number of rotatable bonds is 9. The number of carbonyl (C=O) groups excluding carboxylic acids is 1. The third-order valence-electron chi connectivity index (χ3n) is 5.11. The summed E-state index contributed by atoms with van der Waals surface area (Å²) < 4.78 is 57.1. The minimum Gasteiger partial charge on any atom is -0.617 e. The smallest absolute Gasteiger partial charge is 0.255 e. The van der Waals surface area contributed by atoms with Gasteiger partial charge in [-0.15, -0.1) is 0 Å². The van der Waals surface area contributed by atoms with Crippen LogP contribution in [0, 0.1) is 5.82 Å². The summed E-state index contributed by atoms with van der Waals surface area (Å²) in [7, 11) is -2.20. The lowest BCUT2D eigenvalue weighted by Gasteiger charge is -2.23. The van der Waals surface area contributed by atoms with Crippen molar-refractivity contribution in [2.45, 2.75) is 19.8 Å². The molecule has 1 aromatic carbocycles. The molecule has 0 bridgehead atoms. The summed E-state index contributed by atoms with van der Waals surface area (Å²) in [5.74, 6) is -0.0658. The predicted octanol–water partition coefficient (Wildman–Crippen LogP) is 3.09. The Labute approximate surface area is 195 Å². The number of nitrogens with one attached hydrogen (secondary N) is 1. The number of sulfonamides is 1. The number of furan rings is 1. The molecule has 0 radical (unpaired) electrons. The maximum Gasteiger partial charge on any atom is 0.255 e. The van der Waals surface area contributed by atoms with Gasteiger partial charge in [0, 0.05) is 25.6 Å². The average molecular weight is 496 g/mol. The zero-order valence-corrected chi connectivity index (χ0v) is 20.5. The lowest BCUT2D eigenvalue weighted by atomic mass is 10.0. The van der Waals surface area contributed by atoms with E-state index in [9.17, 15) is 22.2 Å². The zero-order valence-electron chi connectivity index (χ0n) is 18.8. The molecular formula is C22H26FN3O5S2. The Morgan fingerprint density at radius 2 is 1.97 bits per heavy atom. The molecule has 0 saturated carbocycles. The minimum atomic E-state index is -3.69. The Hall–Kier alpha value is -2.63. The van der Waals surface area contributed by atoms with Gasteiger partial charge in [0.25, 0.3) is 5.91 Å². The average Bonchev–Trinajstić information content (AvgIpc) is 3.13. The Morgan fingerprint density at radius 1 is 1.30 bits per heavy atom. The fraction of sp³-hybridized carbons (Fsp3) is 0.364. The maximum absolute atomic E-state index is 13.4. The molecular weight excluding hydrogens is 469 g/mol. The quantitative estimate of drug-likeness (QED) is 0.456. The number of nitrogens with zero attached hydrogens (tertiary/aromatic N) is 2. The number of anilines is 1. The van der Waals surface area contributed by atoms with Crippen LogP contribution in [0.5, 0.6) is 0 Å². The third-order valence-corrected chi connectivity index (χ3v) is 7.13. The fourth-order valence-electron chi connectivity index (χ4n) is 3.53. The van der Waals surface area contributed by atoms with Crippen LogP contribution in [0.1, 0.15) is 29.3 Å².